The first-order valence-electron chi connectivity index (χ1n) is 4.67. The van der Waals surface area contributed by atoms with Crippen molar-refractivity contribution >= 4 is 11.7 Å². The SMILES string of the molecule is CCOC(=O)Cn1c(C)ccc(N)c1=O. The van der Waals surface area contributed by atoms with Crippen LogP contribution >= 0.6 is 0 Å². The molecule has 0 spiro atoms. The molecule has 0 unspecified atom stereocenters. The van der Waals surface area contributed by atoms with E-state index in [1.807, 2.05) is 0 Å². The number of nitrogen functional groups attached to an aromatic ring is 1. The van der Waals surface area contributed by atoms with Crippen LogP contribution in [-0.4, -0.2) is 17.1 Å². The van der Waals surface area contributed by atoms with Crippen LogP contribution in [0.3, 0.4) is 0 Å². The summed E-state index contributed by atoms with van der Waals surface area (Å²) in [5, 5.41) is 0. The molecule has 0 aliphatic rings. The molecular formula is C10H14N2O3. The lowest BCUT2D eigenvalue weighted by Crippen LogP contribution is -2.28. The number of hydrogen-bond acceptors (Lipinski definition) is 4. The van der Waals surface area contributed by atoms with Crippen LogP contribution in [0.4, 0.5) is 5.69 Å². The summed E-state index contributed by atoms with van der Waals surface area (Å²) in [5.41, 5.74) is 5.91. The van der Waals surface area contributed by atoms with Crippen LogP contribution in [0, 0.1) is 6.92 Å². The number of nitrogens with two attached hydrogens (primary N) is 1. The number of carbonyl (C=O) groups is 1. The molecule has 0 aliphatic carbocycles. The molecule has 0 bridgehead atoms. The maximum atomic E-state index is 11.6. The zero-order chi connectivity index (χ0) is 11.4. The predicted octanol–water partition coefficient (Wildman–Crippen LogP) is 0.302. The van der Waals surface area contributed by atoms with Gasteiger partial charge in [0.15, 0.2) is 0 Å². The van der Waals surface area contributed by atoms with Crippen LogP contribution in [-0.2, 0) is 16.1 Å². The molecule has 0 fully saturated rings. The van der Waals surface area contributed by atoms with Crippen molar-refractivity contribution in [3.8, 4) is 0 Å². The van der Waals surface area contributed by atoms with Gasteiger partial charge in [0.25, 0.3) is 5.56 Å². The van der Waals surface area contributed by atoms with E-state index in [2.05, 4.69) is 0 Å². The number of carbonyl (C=O) groups excluding carboxylic acids is 1. The Morgan fingerprint density at radius 1 is 1.53 bits per heavy atom. The van der Waals surface area contributed by atoms with Crippen molar-refractivity contribution in [3.63, 3.8) is 0 Å². The van der Waals surface area contributed by atoms with E-state index in [1.165, 1.54) is 10.6 Å². The summed E-state index contributed by atoms with van der Waals surface area (Å²) in [6.07, 6.45) is 0. The van der Waals surface area contributed by atoms with Gasteiger partial charge in [-0.1, -0.05) is 0 Å². The first-order chi connectivity index (χ1) is 7.06. The summed E-state index contributed by atoms with van der Waals surface area (Å²) < 4.78 is 6.06. The molecule has 2 N–H and O–H groups in total. The van der Waals surface area contributed by atoms with Gasteiger partial charge in [0.05, 0.1) is 12.3 Å². The molecule has 1 aromatic rings. The van der Waals surface area contributed by atoms with Crippen LogP contribution in [0.25, 0.3) is 0 Å². The highest BCUT2D eigenvalue weighted by Crippen LogP contribution is 1.99. The number of aromatic nitrogens is 1. The number of rotatable bonds is 3. The van der Waals surface area contributed by atoms with Crippen LogP contribution in [0.15, 0.2) is 16.9 Å². The summed E-state index contributed by atoms with van der Waals surface area (Å²) in [6, 6.07) is 3.22. The van der Waals surface area contributed by atoms with Gasteiger partial charge in [0.2, 0.25) is 0 Å². The molecule has 82 valence electrons. The number of anilines is 1. The molecule has 0 radical (unpaired) electrons. The topological polar surface area (TPSA) is 74.3 Å². The molecule has 15 heavy (non-hydrogen) atoms. The van der Waals surface area contributed by atoms with Gasteiger partial charge >= 0.3 is 5.97 Å². The molecule has 5 heteroatoms. The number of aryl methyl sites for hydroxylation is 1. The number of pyridine rings is 1. The first-order valence-corrected chi connectivity index (χ1v) is 4.67. The average molecular weight is 210 g/mol. The van der Waals surface area contributed by atoms with Crippen molar-refractivity contribution in [3.05, 3.63) is 28.2 Å². The lowest BCUT2D eigenvalue weighted by Gasteiger charge is -2.09. The monoisotopic (exact) mass is 210 g/mol. The van der Waals surface area contributed by atoms with Crippen LogP contribution < -0.4 is 11.3 Å². The second-order valence-electron chi connectivity index (χ2n) is 3.13. The van der Waals surface area contributed by atoms with Crippen molar-refractivity contribution in [2.24, 2.45) is 0 Å². The van der Waals surface area contributed by atoms with Gasteiger partial charge in [-0.15, -0.1) is 0 Å². The summed E-state index contributed by atoms with van der Waals surface area (Å²) in [5.74, 6) is -0.437. The lowest BCUT2D eigenvalue weighted by atomic mass is 10.3. The van der Waals surface area contributed by atoms with Gasteiger partial charge in [0, 0.05) is 5.69 Å². The van der Waals surface area contributed by atoms with E-state index in [0.717, 1.165) is 0 Å². The second kappa shape index (κ2) is 4.63. The lowest BCUT2D eigenvalue weighted by molar-refractivity contribution is -0.143. The normalized spacial score (nSPS) is 10.0. The number of esters is 1. The molecule has 0 aromatic carbocycles. The molecule has 0 saturated heterocycles. The third-order valence-corrected chi connectivity index (χ3v) is 2.01. The van der Waals surface area contributed by atoms with Crippen molar-refractivity contribution in [1.82, 2.24) is 4.57 Å². The quantitative estimate of drug-likeness (QED) is 0.728. The fraction of sp³-hybridized carbons (Fsp3) is 0.400. The van der Waals surface area contributed by atoms with Gasteiger partial charge in [-0.25, -0.2) is 0 Å². The Morgan fingerprint density at radius 2 is 2.20 bits per heavy atom. The minimum absolute atomic E-state index is 0.0937. The summed E-state index contributed by atoms with van der Waals surface area (Å²) in [7, 11) is 0. The molecule has 5 nitrogen and oxygen atoms in total. The Morgan fingerprint density at radius 3 is 2.80 bits per heavy atom. The minimum Gasteiger partial charge on any atom is -0.465 e. The first kappa shape index (κ1) is 11.3. The Balaban J connectivity index is 2.99. The van der Waals surface area contributed by atoms with Crippen LogP contribution in [0.1, 0.15) is 12.6 Å². The highest BCUT2D eigenvalue weighted by atomic mass is 16.5. The van der Waals surface area contributed by atoms with E-state index in [0.29, 0.717) is 12.3 Å². The van der Waals surface area contributed by atoms with Gasteiger partial charge in [-0.3, -0.25) is 14.2 Å². The number of nitrogens with zero attached hydrogens (tertiary/aromatic N) is 1. The summed E-state index contributed by atoms with van der Waals surface area (Å²) >= 11 is 0. The van der Waals surface area contributed by atoms with E-state index >= 15 is 0 Å². The van der Waals surface area contributed by atoms with E-state index in [4.69, 9.17) is 10.5 Å². The minimum atomic E-state index is -0.437. The smallest absolute Gasteiger partial charge is 0.326 e. The maximum absolute atomic E-state index is 11.6. The third-order valence-electron chi connectivity index (χ3n) is 2.01. The predicted molar refractivity (Wildman–Crippen MR) is 56.5 cm³/mol. The van der Waals surface area contributed by atoms with Crippen molar-refractivity contribution in [2.75, 3.05) is 12.3 Å². The largest absolute Gasteiger partial charge is 0.465 e. The second-order valence-corrected chi connectivity index (χ2v) is 3.13. The fourth-order valence-corrected chi connectivity index (χ4v) is 1.22. The molecule has 1 heterocycles. The Hall–Kier alpha value is -1.78. The highest BCUT2D eigenvalue weighted by Gasteiger charge is 2.08. The fourth-order valence-electron chi connectivity index (χ4n) is 1.22. The molecule has 1 rings (SSSR count). The zero-order valence-electron chi connectivity index (χ0n) is 8.82. The Labute approximate surface area is 87.5 Å². The molecule has 0 saturated carbocycles. The highest BCUT2D eigenvalue weighted by molar-refractivity contribution is 5.69. The average Bonchev–Trinajstić information content (AvgIpc) is 2.19. The van der Waals surface area contributed by atoms with Crippen molar-refractivity contribution in [1.29, 1.82) is 0 Å². The van der Waals surface area contributed by atoms with Gasteiger partial charge < -0.3 is 10.5 Å². The van der Waals surface area contributed by atoms with E-state index in [1.54, 1.807) is 19.9 Å². The summed E-state index contributed by atoms with van der Waals surface area (Å²) in [4.78, 5) is 22.8. The number of hydrogen-bond donors (Lipinski definition) is 1. The Kier molecular flexibility index (Phi) is 3.49. The van der Waals surface area contributed by atoms with E-state index in [-0.39, 0.29) is 17.8 Å². The van der Waals surface area contributed by atoms with Gasteiger partial charge in [-0.05, 0) is 26.0 Å². The summed E-state index contributed by atoms with van der Waals surface area (Å²) in [6.45, 7) is 3.66. The third kappa shape index (κ3) is 2.59. The molecule has 0 amide bonds. The van der Waals surface area contributed by atoms with Gasteiger partial charge in [0.1, 0.15) is 6.54 Å². The standard InChI is InChI=1S/C10H14N2O3/c1-3-15-9(13)6-12-7(2)4-5-8(11)10(12)14/h4-5H,3,6,11H2,1-2H3. The van der Waals surface area contributed by atoms with Crippen molar-refractivity contribution < 1.29 is 9.53 Å². The number of ether oxygens (including phenoxy) is 1. The van der Waals surface area contributed by atoms with Crippen LogP contribution in [0.2, 0.25) is 0 Å². The molecule has 1 aromatic heterocycles. The van der Waals surface area contributed by atoms with Gasteiger partial charge in [-0.2, -0.15) is 0 Å². The zero-order valence-corrected chi connectivity index (χ0v) is 8.82. The van der Waals surface area contributed by atoms with Crippen LogP contribution in [0.5, 0.6) is 0 Å². The molecular weight excluding hydrogens is 196 g/mol. The maximum Gasteiger partial charge on any atom is 0.326 e. The van der Waals surface area contributed by atoms with Crippen molar-refractivity contribution in [2.45, 2.75) is 20.4 Å². The molecule has 0 atom stereocenters. The Bertz CT molecular complexity index is 423. The van der Waals surface area contributed by atoms with E-state index < -0.39 is 5.97 Å². The van der Waals surface area contributed by atoms with E-state index in [9.17, 15) is 9.59 Å². The molecule has 0 aliphatic heterocycles.